The molecule has 1 aromatic heterocycles. The van der Waals surface area contributed by atoms with Gasteiger partial charge in [0.05, 0.1) is 15.8 Å². The first kappa shape index (κ1) is 19.1. The number of thiazole rings is 1. The van der Waals surface area contributed by atoms with E-state index in [1.165, 1.54) is 4.70 Å². The SMILES string of the molecule is CC(C)[Si](Oc1ccccc1-c1nc2ccccc2s1)(C(C)C)C(C)C. The zero-order valence-corrected chi connectivity index (χ0v) is 18.4. The molecule has 0 atom stereocenters. The molecular weight excluding hydrogens is 354 g/mol. The zero-order chi connectivity index (χ0) is 18.9. The van der Waals surface area contributed by atoms with Gasteiger partial charge in [0.1, 0.15) is 10.8 Å². The fourth-order valence-electron chi connectivity index (χ4n) is 4.26. The summed E-state index contributed by atoms with van der Waals surface area (Å²) in [7, 11) is -1.99. The molecular formula is C22H29NOSSi. The van der Waals surface area contributed by atoms with Crippen molar-refractivity contribution in [3.05, 3.63) is 48.5 Å². The van der Waals surface area contributed by atoms with Crippen molar-refractivity contribution in [3.63, 3.8) is 0 Å². The van der Waals surface area contributed by atoms with E-state index >= 15 is 0 Å². The Kier molecular flexibility index (Phi) is 5.54. The van der Waals surface area contributed by atoms with Crippen molar-refractivity contribution in [2.24, 2.45) is 0 Å². The van der Waals surface area contributed by atoms with Crippen LogP contribution in [0.5, 0.6) is 5.75 Å². The minimum atomic E-state index is -1.99. The van der Waals surface area contributed by atoms with E-state index < -0.39 is 8.32 Å². The topological polar surface area (TPSA) is 22.1 Å². The lowest BCUT2D eigenvalue weighted by Gasteiger charge is -2.42. The molecule has 0 bridgehead atoms. The summed E-state index contributed by atoms with van der Waals surface area (Å²) in [6.07, 6.45) is 0. The Bertz CT molecular complexity index is 830. The molecule has 0 unspecified atom stereocenters. The van der Waals surface area contributed by atoms with Gasteiger partial charge in [-0.2, -0.15) is 0 Å². The normalized spacial score (nSPS) is 12.5. The second-order valence-corrected chi connectivity index (χ2v) is 14.3. The first-order valence-electron chi connectivity index (χ1n) is 9.50. The summed E-state index contributed by atoms with van der Waals surface area (Å²) in [5.41, 5.74) is 3.82. The van der Waals surface area contributed by atoms with Gasteiger partial charge in [-0.25, -0.2) is 4.98 Å². The monoisotopic (exact) mass is 383 g/mol. The molecule has 0 fully saturated rings. The standard InChI is InChI=1S/C22H29NOSSi/c1-15(2)26(16(3)4,17(5)6)24-20-13-9-7-11-18(20)22-23-19-12-8-10-14-21(19)25-22/h7-17H,1-6H3. The van der Waals surface area contributed by atoms with Crippen LogP contribution in [0.15, 0.2) is 48.5 Å². The van der Waals surface area contributed by atoms with Crippen LogP contribution in [0.25, 0.3) is 20.8 Å². The first-order chi connectivity index (χ1) is 12.4. The van der Waals surface area contributed by atoms with Gasteiger partial charge in [0, 0.05) is 0 Å². The fourth-order valence-corrected chi connectivity index (χ4v) is 10.5. The molecule has 0 radical (unpaired) electrons. The number of rotatable bonds is 6. The number of para-hydroxylation sites is 2. The summed E-state index contributed by atoms with van der Waals surface area (Å²) in [5, 5.41) is 1.04. The third-order valence-corrected chi connectivity index (χ3v) is 12.5. The Labute approximate surface area is 162 Å². The maximum atomic E-state index is 6.97. The van der Waals surface area contributed by atoms with Crippen LogP contribution in [0.4, 0.5) is 0 Å². The van der Waals surface area contributed by atoms with E-state index in [4.69, 9.17) is 9.41 Å². The van der Waals surface area contributed by atoms with E-state index in [-0.39, 0.29) is 0 Å². The Morgan fingerprint density at radius 1 is 0.808 bits per heavy atom. The number of benzene rings is 2. The van der Waals surface area contributed by atoms with E-state index in [1.807, 2.05) is 6.07 Å². The predicted octanol–water partition coefficient (Wildman–Crippen LogP) is 7.52. The van der Waals surface area contributed by atoms with Crippen LogP contribution in [-0.2, 0) is 0 Å². The molecule has 4 heteroatoms. The van der Waals surface area contributed by atoms with Gasteiger partial charge in [0.2, 0.25) is 0 Å². The third-order valence-electron chi connectivity index (χ3n) is 5.41. The highest BCUT2D eigenvalue weighted by Crippen LogP contribution is 2.45. The van der Waals surface area contributed by atoms with Gasteiger partial charge in [0.15, 0.2) is 0 Å². The third kappa shape index (κ3) is 3.32. The van der Waals surface area contributed by atoms with Gasteiger partial charge < -0.3 is 4.43 Å². The Hall–Kier alpha value is -1.65. The number of fused-ring (bicyclic) bond motifs is 1. The maximum Gasteiger partial charge on any atom is 0.258 e. The zero-order valence-electron chi connectivity index (χ0n) is 16.6. The van der Waals surface area contributed by atoms with Crippen molar-refractivity contribution in [3.8, 4) is 16.3 Å². The molecule has 3 rings (SSSR count). The van der Waals surface area contributed by atoms with E-state index in [9.17, 15) is 0 Å². The Morgan fingerprint density at radius 3 is 2.00 bits per heavy atom. The summed E-state index contributed by atoms with van der Waals surface area (Å²) >= 11 is 1.74. The minimum absolute atomic E-state index is 0.547. The second-order valence-electron chi connectivity index (χ2n) is 7.90. The molecule has 0 N–H and O–H groups in total. The van der Waals surface area contributed by atoms with Crippen molar-refractivity contribution < 1.29 is 4.43 Å². The molecule has 3 aromatic rings. The van der Waals surface area contributed by atoms with Crippen LogP contribution in [0.1, 0.15) is 41.5 Å². The number of hydrogen-bond acceptors (Lipinski definition) is 3. The smallest absolute Gasteiger partial charge is 0.258 e. The second kappa shape index (κ2) is 7.53. The van der Waals surface area contributed by atoms with Gasteiger partial charge >= 0.3 is 0 Å². The molecule has 0 amide bonds. The van der Waals surface area contributed by atoms with Crippen LogP contribution in [0.3, 0.4) is 0 Å². The summed E-state index contributed by atoms with van der Waals surface area (Å²) < 4.78 is 8.19. The highest BCUT2D eigenvalue weighted by molar-refractivity contribution is 7.21. The molecule has 26 heavy (non-hydrogen) atoms. The molecule has 0 aliphatic rings. The van der Waals surface area contributed by atoms with Gasteiger partial charge in [0.25, 0.3) is 8.32 Å². The Balaban J connectivity index is 2.09. The molecule has 2 nitrogen and oxygen atoms in total. The van der Waals surface area contributed by atoms with Crippen molar-refractivity contribution >= 4 is 29.9 Å². The summed E-state index contributed by atoms with van der Waals surface area (Å²) in [6, 6.07) is 16.8. The average Bonchev–Trinajstić information content (AvgIpc) is 3.02. The van der Waals surface area contributed by atoms with Crippen LogP contribution >= 0.6 is 11.3 Å². The lowest BCUT2D eigenvalue weighted by Crippen LogP contribution is -2.50. The number of aromatic nitrogens is 1. The maximum absolute atomic E-state index is 6.97. The lowest BCUT2D eigenvalue weighted by atomic mass is 10.2. The van der Waals surface area contributed by atoms with Crippen molar-refractivity contribution in [2.75, 3.05) is 0 Å². The largest absolute Gasteiger partial charge is 0.542 e. The summed E-state index contributed by atoms with van der Waals surface area (Å²) in [4.78, 5) is 4.86. The van der Waals surface area contributed by atoms with E-state index in [2.05, 4.69) is 84.0 Å². The van der Waals surface area contributed by atoms with E-state index in [1.54, 1.807) is 11.3 Å². The van der Waals surface area contributed by atoms with Gasteiger partial charge in [-0.1, -0.05) is 65.8 Å². The molecule has 0 aliphatic carbocycles. The summed E-state index contributed by atoms with van der Waals surface area (Å²) in [5.74, 6) is 0.995. The van der Waals surface area contributed by atoms with Crippen LogP contribution < -0.4 is 4.43 Å². The molecule has 0 aliphatic heterocycles. The van der Waals surface area contributed by atoms with Crippen molar-refractivity contribution in [1.82, 2.24) is 4.98 Å². The molecule has 0 spiro atoms. The van der Waals surface area contributed by atoms with Crippen LogP contribution in [0.2, 0.25) is 16.6 Å². The quantitative estimate of drug-likeness (QED) is 0.411. The van der Waals surface area contributed by atoms with Crippen LogP contribution in [-0.4, -0.2) is 13.3 Å². The molecule has 2 aromatic carbocycles. The van der Waals surface area contributed by atoms with Gasteiger partial charge in [-0.3, -0.25) is 0 Å². The van der Waals surface area contributed by atoms with E-state index in [0.29, 0.717) is 16.6 Å². The highest BCUT2D eigenvalue weighted by Gasteiger charge is 2.47. The van der Waals surface area contributed by atoms with Crippen molar-refractivity contribution in [1.29, 1.82) is 0 Å². The van der Waals surface area contributed by atoms with Gasteiger partial charge in [-0.05, 0) is 40.9 Å². The lowest BCUT2D eigenvalue weighted by molar-refractivity contribution is 0.481. The molecule has 138 valence electrons. The fraction of sp³-hybridized carbons (Fsp3) is 0.409. The average molecular weight is 384 g/mol. The van der Waals surface area contributed by atoms with E-state index in [0.717, 1.165) is 21.8 Å². The Morgan fingerprint density at radius 2 is 1.38 bits per heavy atom. The number of nitrogens with zero attached hydrogens (tertiary/aromatic N) is 1. The first-order valence-corrected chi connectivity index (χ1v) is 12.5. The molecule has 0 saturated carbocycles. The minimum Gasteiger partial charge on any atom is -0.542 e. The predicted molar refractivity (Wildman–Crippen MR) is 117 cm³/mol. The molecule has 0 saturated heterocycles. The molecule has 1 heterocycles. The van der Waals surface area contributed by atoms with Crippen LogP contribution in [0, 0.1) is 0 Å². The number of hydrogen-bond donors (Lipinski definition) is 0. The van der Waals surface area contributed by atoms with Crippen molar-refractivity contribution in [2.45, 2.75) is 58.2 Å². The highest BCUT2D eigenvalue weighted by atomic mass is 32.1. The summed E-state index contributed by atoms with van der Waals surface area (Å²) in [6.45, 7) is 14.0. The van der Waals surface area contributed by atoms with Gasteiger partial charge in [-0.15, -0.1) is 11.3 Å².